The molecule has 1 saturated heterocycles. The molecule has 1 aliphatic rings. The maximum Gasteiger partial charge on any atom is 0.244 e. The van der Waals surface area contributed by atoms with Crippen LogP contribution >= 0.6 is 0 Å². The maximum absolute atomic E-state index is 12.6. The van der Waals surface area contributed by atoms with E-state index in [1.807, 2.05) is 24.3 Å². The molecule has 2 atom stereocenters. The fourth-order valence-electron chi connectivity index (χ4n) is 3.25. The summed E-state index contributed by atoms with van der Waals surface area (Å²) >= 11 is 0. The second-order valence-electron chi connectivity index (χ2n) is 6.13. The minimum Gasteiger partial charge on any atom is -0.497 e. The lowest BCUT2D eigenvalue weighted by Gasteiger charge is -2.37. The van der Waals surface area contributed by atoms with E-state index in [4.69, 9.17) is 4.74 Å². The molecule has 0 bridgehead atoms. The maximum atomic E-state index is 12.6. The highest BCUT2D eigenvalue weighted by Crippen LogP contribution is 2.35. The van der Waals surface area contributed by atoms with Crippen molar-refractivity contribution in [2.75, 3.05) is 13.7 Å². The zero-order valence-electron chi connectivity index (χ0n) is 13.8. The smallest absolute Gasteiger partial charge is 0.244 e. The Balaban J connectivity index is 1.78. The van der Waals surface area contributed by atoms with Crippen molar-refractivity contribution >= 4 is 5.91 Å². The number of tetrazole rings is 1. The molecule has 0 radical (unpaired) electrons. The monoisotopic (exact) mass is 331 g/mol. The number of carbonyl (C=O) groups is 1. The molecule has 1 aromatic carbocycles. The van der Waals surface area contributed by atoms with Crippen molar-refractivity contribution in [1.29, 1.82) is 0 Å². The topological polar surface area (TPSA) is 93.4 Å². The first-order valence-corrected chi connectivity index (χ1v) is 7.89. The molecule has 2 heterocycles. The molecule has 128 valence electrons. The van der Waals surface area contributed by atoms with Crippen molar-refractivity contribution in [2.45, 2.75) is 38.0 Å². The number of aliphatic hydroxyl groups is 1. The molecule has 1 N–H and O–H groups in total. The lowest BCUT2D eigenvalue weighted by Crippen LogP contribution is -2.49. The van der Waals surface area contributed by atoms with Crippen molar-refractivity contribution < 1.29 is 14.6 Å². The Morgan fingerprint density at radius 3 is 2.79 bits per heavy atom. The van der Waals surface area contributed by atoms with Gasteiger partial charge in [-0.15, -0.1) is 5.10 Å². The number of carbonyl (C=O) groups excluding carboxylic acids is 1. The third kappa shape index (κ3) is 3.09. The largest absolute Gasteiger partial charge is 0.497 e. The third-order valence-electron chi connectivity index (χ3n) is 4.59. The SMILES string of the molecule is COc1ccc([C@@](C)(O)[C@H]2CCCN2C(=O)Cn2cnnn2)cc1. The van der Waals surface area contributed by atoms with Gasteiger partial charge in [0.25, 0.3) is 0 Å². The molecule has 3 rings (SSSR count). The Morgan fingerprint density at radius 2 is 2.17 bits per heavy atom. The van der Waals surface area contributed by atoms with Gasteiger partial charge in [0.05, 0.1) is 13.2 Å². The van der Waals surface area contributed by atoms with Crippen LogP contribution in [0.4, 0.5) is 0 Å². The number of methoxy groups -OCH3 is 1. The van der Waals surface area contributed by atoms with E-state index in [2.05, 4.69) is 15.5 Å². The van der Waals surface area contributed by atoms with E-state index in [1.165, 1.54) is 11.0 Å². The highest BCUT2D eigenvalue weighted by atomic mass is 16.5. The Morgan fingerprint density at radius 1 is 1.42 bits per heavy atom. The zero-order chi connectivity index (χ0) is 17.2. The van der Waals surface area contributed by atoms with Crippen LogP contribution in [-0.4, -0.2) is 55.8 Å². The van der Waals surface area contributed by atoms with Crippen LogP contribution in [-0.2, 0) is 16.9 Å². The number of rotatable bonds is 5. The van der Waals surface area contributed by atoms with Gasteiger partial charge >= 0.3 is 0 Å². The van der Waals surface area contributed by atoms with Gasteiger partial charge in [0.15, 0.2) is 0 Å². The van der Waals surface area contributed by atoms with E-state index in [0.717, 1.165) is 24.2 Å². The number of hydrogen-bond acceptors (Lipinski definition) is 6. The molecule has 24 heavy (non-hydrogen) atoms. The first kappa shape index (κ1) is 16.4. The standard InChI is InChI=1S/C16H21N5O3/c1-16(23,12-5-7-13(24-2)8-6-12)14-4-3-9-21(14)15(22)10-20-11-17-18-19-20/h5-8,11,14,23H,3-4,9-10H2,1-2H3/t14-,16-/m1/s1. The summed E-state index contributed by atoms with van der Waals surface area (Å²) in [5.74, 6) is 0.631. The van der Waals surface area contributed by atoms with Gasteiger partial charge in [-0.25, -0.2) is 4.68 Å². The van der Waals surface area contributed by atoms with Crippen LogP contribution in [0.2, 0.25) is 0 Å². The first-order chi connectivity index (χ1) is 11.5. The summed E-state index contributed by atoms with van der Waals surface area (Å²) in [6, 6.07) is 7.01. The van der Waals surface area contributed by atoms with Crippen LogP contribution in [0.3, 0.4) is 0 Å². The normalized spacial score (nSPS) is 20.0. The summed E-state index contributed by atoms with van der Waals surface area (Å²) < 4.78 is 6.55. The van der Waals surface area contributed by atoms with E-state index in [1.54, 1.807) is 18.9 Å². The van der Waals surface area contributed by atoms with Crippen LogP contribution in [0.15, 0.2) is 30.6 Å². The fraction of sp³-hybridized carbons (Fsp3) is 0.500. The Labute approximate surface area is 140 Å². The molecule has 0 saturated carbocycles. The van der Waals surface area contributed by atoms with Gasteiger partial charge in [0.2, 0.25) is 5.91 Å². The minimum atomic E-state index is -1.14. The average molecular weight is 331 g/mol. The molecule has 8 heteroatoms. The molecule has 1 amide bonds. The van der Waals surface area contributed by atoms with Crippen molar-refractivity contribution in [3.8, 4) is 5.75 Å². The van der Waals surface area contributed by atoms with Crippen LogP contribution in [0.1, 0.15) is 25.3 Å². The van der Waals surface area contributed by atoms with E-state index < -0.39 is 5.60 Å². The van der Waals surface area contributed by atoms with Gasteiger partial charge in [-0.1, -0.05) is 12.1 Å². The number of aromatic nitrogens is 4. The van der Waals surface area contributed by atoms with Crippen molar-refractivity contribution in [3.05, 3.63) is 36.2 Å². The number of benzene rings is 1. The number of ether oxygens (including phenoxy) is 1. The first-order valence-electron chi connectivity index (χ1n) is 7.89. The second-order valence-corrected chi connectivity index (χ2v) is 6.13. The highest BCUT2D eigenvalue weighted by molar-refractivity contribution is 5.76. The van der Waals surface area contributed by atoms with Gasteiger partial charge < -0.3 is 14.7 Å². The number of amides is 1. The Hall–Kier alpha value is -2.48. The van der Waals surface area contributed by atoms with Crippen LogP contribution in [0, 0.1) is 0 Å². The van der Waals surface area contributed by atoms with E-state index in [0.29, 0.717) is 6.54 Å². The molecule has 8 nitrogen and oxygen atoms in total. The molecule has 0 spiro atoms. The van der Waals surface area contributed by atoms with Crippen LogP contribution < -0.4 is 4.74 Å². The molecular weight excluding hydrogens is 310 g/mol. The molecular formula is C16H21N5O3. The fourth-order valence-corrected chi connectivity index (χ4v) is 3.25. The predicted molar refractivity (Wildman–Crippen MR) is 85.1 cm³/mol. The number of nitrogens with zero attached hydrogens (tertiary/aromatic N) is 5. The van der Waals surface area contributed by atoms with Crippen molar-refractivity contribution in [2.24, 2.45) is 0 Å². The van der Waals surface area contributed by atoms with Gasteiger partial charge in [-0.3, -0.25) is 4.79 Å². The van der Waals surface area contributed by atoms with Crippen molar-refractivity contribution in [1.82, 2.24) is 25.1 Å². The van der Waals surface area contributed by atoms with Gasteiger partial charge in [-0.2, -0.15) is 0 Å². The zero-order valence-corrected chi connectivity index (χ0v) is 13.8. The quantitative estimate of drug-likeness (QED) is 0.861. The van der Waals surface area contributed by atoms with Gasteiger partial charge in [0, 0.05) is 6.54 Å². The van der Waals surface area contributed by atoms with E-state index in [9.17, 15) is 9.90 Å². The summed E-state index contributed by atoms with van der Waals surface area (Å²) in [7, 11) is 1.60. The number of hydrogen-bond donors (Lipinski definition) is 1. The lowest BCUT2D eigenvalue weighted by molar-refractivity contribution is -0.138. The summed E-state index contributed by atoms with van der Waals surface area (Å²) in [5, 5.41) is 21.9. The summed E-state index contributed by atoms with van der Waals surface area (Å²) in [4.78, 5) is 14.3. The lowest BCUT2D eigenvalue weighted by atomic mass is 9.86. The molecule has 1 fully saturated rings. The Kier molecular flexibility index (Phi) is 4.48. The van der Waals surface area contributed by atoms with Gasteiger partial charge in [0.1, 0.15) is 24.2 Å². The van der Waals surface area contributed by atoms with Gasteiger partial charge in [-0.05, 0) is 47.9 Å². The Bertz CT molecular complexity index is 684. The molecule has 0 unspecified atom stereocenters. The molecule has 2 aromatic rings. The predicted octanol–water partition coefficient (Wildman–Crippen LogP) is 0.580. The minimum absolute atomic E-state index is 0.0716. The van der Waals surface area contributed by atoms with E-state index in [-0.39, 0.29) is 18.5 Å². The third-order valence-corrected chi connectivity index (χ3v) is 4.59. The molecule has 1 aromatic heterocycles. The summed E-state index contributed by atoms with van der Waals surface area (Å²) in [6.07, 6.45) is 3.02. The number of likely N-dealkylation sites (tertiary alicyclic amines) is 1. The van der Waals surface area contributed by atoms with E-state index >= 15 is 0 Å². The average Bonchev–Trinajstić information content (AvgIpc) is 3.26. The second kappa shape index (κ2) is 6.56. The van der Waals surface area contributed by atoms with Crippen LogP contribution in [0.5, 0.6) is 5.75 Å². The summed E-state index contributed by atoms with van der Waals surface area (Å²) in [5.41, 5.74) is -0.380. The molecule has 0 aliphatic carbocycles. The van der Waals surface area contributed by atoms with Crippen molar-refractivity contribution in [3.63, 3.8) is 0 Å². The highest BCUT2D eigenvalue weighted by Gasteiger charge is 2.42. The van der Waals surface area contributed by atoms with Crippen LogP contribution in [0.25, 0.3) is 0 Å². The molecule has 1 aliphatic heterocycles. The summed E-state index contributed by atoms with van der Waals surface area (Å²) in [6.45, 7) is 2.45.